The van der Waals surface area contributed by atoms with E-state index in [1.54, 1.807) is 30.3 Å². The molecule has 6 heteroatoms. The van der Waals surface area contributed by atoms with Gasteiger partial charge in [-0.3, -0.25) is 4.79 Å². The van der Waals surface area contributed by atoms with Gasteiger partial charge in [0, 0.05) is 10.6 Å². The van der Waals surface area contributed by atoms with E-state index in [2.05, 4.69) is 10.5 Å². The van der Waals surface area contributed by atoms with Gasteiger partial charge in [0.2, 0.25) is 0 Å². The second-order valence-corrected chi connectivity index (χ2v) is 5.34. The highest BCUT2D eigenvalue weighted by Gasteiger charge is 2.11. The first-order valence-corrected chi connectivity index (χ1v) is 7.38. The number of hydrogen-bond donors (Lipinski definition) is 2. The molecule has 0 aliphatic carbocycles. The maximum Gasteiger partial charge on any atom is 0.275 e. The summed E-state index contributed by atoms with van der Waals surface area (Å²) >= 11 is 12.0. The summed E-state index contributed by atoms with van der Waals surface area (Å²) in [5, 5.41) is 14.7. The Morgan fingerprint density at radius 2 is 1.91 bits per heavy atom. The van der Waals surface area contributed by atoms with Gasteiger partial charge in [-0.2, -0.15) is 5.10 Å². The van der Waals surface area contributed by atoms with E-state index in [0.717, 1.165) is 0 Å². The van der Waals surface area contributed by atoms with Crippen molar-refractivity contribution in [1.29, 1.82) is 0 Å². The van der Waals surface area contributed by atoms with Gasteiger partial charge in [-0.05, 0) is 30.7 Å². The molecular weight excluding hydrogens is 323 g/mol. The third-order valence-corrected chi connectivity index (χ3v) is 3.57. The summed E-state index contributed by atoms with van der Waals surface area (Å²) in [6.45, 7) is 1.90. The zero-order valence-electron chi connectivity index (χ0n) is 11.8. The fraction of sp³-hybridized carbons (Fsp3) is 0.125. The van der Waals surface area contributed by atoms with Crippen LogP contribution in [0, 0.1) is 0 Å². The summed E-state index contributed by atoms with van der Waals surface area (Å²) < 4.78 is 0. The lowest BCUT2D eigenvalue weighted by Gasteiger charge is -2.08. The molecule has 0 atom stereocenters. The molecule has 2 aromatic carbocycles. The predicted octanol–water partition coefficient (Wildman–Crippen LogP) is 4.24. The average molecular weight is 337 g/mol. The zero-order chi connectivity index (χ0) is 16.1. The lowest BCUT2D eigenvalue weighted by atomic mass is 10.1. The SMILES string of the molecule is CCC(=NNC(=O)c1ccccc1O)c1ccc(Cl)cc1Cl. The number of para-hydroxylation sites is 1. The van der Waals surface area contributed by atoms with Crippen molar-refractivity contribution in [2.45, 2.75) is 13.3 Å². The van der Waals surface area contributed by atoms with Crippen LogP contribution in [0.1, 0.15) is 29.3 Å². The largest absolute Gasteiger partial charge is 0.507 e. The van der Waals surface area contributed by atoms with Crippen LogP contribution < -0.4 is 5.43 Å². The van der Waals surface area contributed by atoms with Crippen LogP contribution in [0.2, 0.25) is 10.0 Å². The molecule has 0 unspecified atom stereocenters. The summed E-state index contributed by atoms with van der Waals surface area (Å²) in [7, 11) is 0. The summed E-state index contributed by atoms with van der Waals surface area (Å²) in [5.41, 5.74) is 3.90. The summed E-state index contributed by atoms with van der Waals surface area (Å²) in [5.74, 6) is -0.591. The fourth-order valence-electron chi connectivity index (χ4n) is 1.90. The quantitative estimate of drug-likeness (QED) is 0.647. The number of aromatic hydroxyl groups is 1. The van der Waals surface area contributed by atoms with E-state index >= 15 is 0 Å². The Morgan fingerprint density at radius 1 is 1.18 bits per heavy atom. The standard InChI is InChI=1S/C16H14Cl2N2O2/c1-2-14(11-8-7-10(17)9-13(11)18)19-20-16(22)12-5-3-4-6-15(12)21/h3-9,21H,2H2,1H3,(H,20,22). The highest BCUT2D eigenvalue weighted by atomic mass is 35.5. The number of halogens is 2. The van der Waals surface area contributed by atoms with Gasteiger partial charge >= 0.3 is 0 Å². The molecule has 2 N–H and O–H groups in total. The minimum Gasteiger partial charge on any atom is -0.507 e. The van der Waals surface area contributed by atoms with Gasteiger partial charge in [0.05, 0.1) is 16.3 Å². The Balaban J connectivity index is 2.23. The average Bonchev–Trinajstić information content (AvgIpc) is 2.49. The molecule has 0 heterocycles. The number of amides is 1. The van der Waals surface area contributed by atoms with Crippen molar-refractivity contribution in [3.8, 4) is 5.75 Å². The molecule has 0 spiro atoms. The lowest BCUT2D eigenvalue weighted by Crippen LogP contribution is -2.20. The van der Waals surface area contributed by atoms with E-state index < -0.39 is 5.91 Å². The number of hydrogen-bond acceptors (Lipinski definition) is 3. The first-order chi connectivity index (χ1) is 10.5. The van der Waals surface area contributed by atoms with Gasteiger partial charge < -0.3 is 5.11 Å². The smallest absolute Gasteiger partial charge is 0.275 e. The molecular formula is C16H14Cl2N2O2. The van der Waals surface area contributed by atoms with Crippen LogP contribution in [0.4, 0.5) is 0 Å². The Morgan fingerprint density at radius 3 is 2.55 bits per heavy atom. The van der Waals surface area contributed by atoms with Gasteiger partial charge in [0.15, 0.2) is 0 Å². The van der Waals surface area contributed by atoms with Crippen molar-refractivity contribution < 1.29 is 9.90 Å². The number of carbonyl (C=O) groups excluding carboxylic acids is 1. The van der Waals surface area contributed by atoms with Crippen molar-refractivity contribution in [2.75, 3.05) is 0 Å². The fourth-order valence-corrected chi connectivity index (χ4v) is 2.41. The van der Waals surface area contributed by atoms with Gasteiger partial charge in [0.1, 0.15) is 5.75 Å². The van der Waals surface area contributed by atoms with Crippen molar-refractivity contribution in [3.63, 3.8) is 0 Å². The van der Waals surface area contributed by atoms with E-state index in [4.69, 9.17) is 23.2 Å². The second kappa shape index (κ2) is 7.29. The zero-order valence-corrected chi connectivity index (χ0v) is 13.3. The molecule has 0 aliphatic rings. The number of benzene rings is 2. The van der Waals surface area contributed by atoms with Crippen LogP contribution in [0.25, 0.3) is 0 Å². The maximum atomic E-state index is 12.0. The number of hydrazone groups is 1. The molecule has 0 radical (unpaired) electrons. The molecule has 114 valence electrons. The van der Waals surface area contributed by atoms with Crippen LogP contribution >= 0.6 is 23.2 Å². The summed E-state index contributed by atoms with van der Waals surface area (Å²) in [6.07, 6.45) is 0.572. The number of phenolic OH excluding ortho intramolecular Hbond substituents is 1. The summed E-state index contributed by atoms with van der Waals surface area (Å²) in [4.78, 5) is 12.0. The van der Waals surface area contributed by atoms with Gasteiger partial charge in [0.25, 0.3) is 5.91 Å². The number of phenols is 1. The Hall–Kier alpha value is -2.04. The van der Waals surface area contributed by atoms with Crippen LogP contribution in [0.15, 0.2) is 47.6 Å². The molecule has 0 bridgehead atoms. The lowest BCUT2D eigenvalue weighted by molar-refractivity contribution is 0.0952. The Labute approximate surface area is 138 Å². The molecule has 2 aromatic rings. The topological polar surface area (TPSA) is 61.7 Å². The number of nitrogens with one attached hydrogen (secondary N) is 1. The minimum atomic E-state index is -0.492. The van der Waals surface area contributed by atoms with Crippen molar-refractivity contribution in [2.24, 2.45) is 5.10 Å². The van der Waals surface area contributed by atoms with E-state index in [1.165, 1.54) is 12.1 Å². The third kappa shape index (κ3) is 3.78. The summed E-state index contributed by atoms with van der Waals surface area (Å²) in [6, 6.07) is 11.3. The van der Waals surface area contributed by atoms with Crippen molar-refractivity contribution in [1.82, 2.24) is 5.43 Å². The third-order valence-electron chi connectivity index (χ3n) is 3.02. The Bertz CT molecular complexity index is 730. The molecule has 2 rings (SSSR count). The Kier molecular flexibility index (Phi) is 5.41. The minimum absolute atomic E-state index is 0.0993. The highest BCUT2D eigenvalue weighted by Crippen LogP contribution is 2.22. The number of rotatable bonds is 4. The number of nitrogens with zero attached hydrogens (tertiary/aromatic N) is 1. The molecule has 1 amide bonds. The van der Waals surface area contributed by atoms with Crippen LogP contribution in [-0.4, -0.2) is 16.7 Å². The van der Waals surface area contributed by atoms with Crippen molar-refractivity contribution >= 4 is 34.8 Å². The molecule has 0 saturated carbocycles. The van der Waals surface area contributed by atoms with Gasteiger partial charge in [-0.1, -0.05) is 48.3 Å². The number of carbonyl (C=O) groups is 1. The van der Waals surface area contributed by atoms with E-state index in [-0.39, 0.29) is 11.3 Å². The molecule has 0 saturated heterocycles. The first kappa shape index (κ1) is 16.3. The molecule has 0 fully saturated rings. The molecule has 4 nitrogen and oxygen atoms in total. The second-order valence-electron chi connectivity index (χ2n) is 4.49. The van der Waals surface area contributed by atoms with E-state index in [0.29, 0.717) is 27.7 Å². The van der Waals surface area contributed by atoms with Crippen LogP contribution in [0.5, 0.6) is 5.75 Å². The molecule has 22 heavy (non-hydrogen) atoms. The highest BCUT2D eigenvalue weighted by molar-refractivity contribution is 6.37. The van der Waals surface area contributed by atoms with E-state index in [9.17, 15) is 9.90 Å². The normalized spacial score (nSPS) is 11.3. The monoisotopic (exact) mass is 336 g/mol. The first-order valence-electron chi connectivity index (χ1n) is 6.63. The van der Waals surface area contributed by atoms with Gasteiger partial charge in [-0.15, -0.1) is 0 Å². The predicted molar refractivity (Wildman–Crippen MR) is 88.9 cm³/mol. The molecule has 0 aliphatic heterocycles. The van der Waals surface area contributed by atoms with Crippen molar-refractivity contribution in [3.05, 3.63) is 63.6 Å². The van der Waals surface area contributed by atoms with Crippen LogP contribution in [-0.2, 0) is 0 Å². The van der Waals surface area contributed by atoms with Crippen LogP contribution in [0.3, 0.4) is 0 Å². The van der Waals surface area contributed by atoms with Gasteiger partial charge in [-0.25, -0.2) is 5.43 Å². The molecule has 0 aromatic heterocycles. The maximum absolute atomic E-state index is 12.0. The van der Waals surface area contributed by atoms with E-state index in [1.807, 2.05) is 6.92 Å².